The summed E-state index contributed by atoms with van der Waals surface area (Å²) in [5, 5.41) is 11.7. The molecule has 1 saturated heterocycles. The molecule has 15 heavy (non-hydrogen) atoms. The second kappa shape index (κ2) is 4.18. The maximum atomic E-state index is 11.9. The van der Waals surface area contributed by atoms with Crippen molar-refractivity contribution >= 4 is 11.9 Å². The lowest BCUT2D eigenvalue weighted by Crippen LogP contribution is -2.57. The summed E-state index contributed by atoms with van der Waals surface area (Å²) >= 11 is 0. The monoisotopic (exact) mass is 212 g/mol. The van der Waals surface area contributed by atoms with Crippen LogP contribution in [0.4, 0.5) is 0 Å². The van der Waals surface area contributed by atoms with Crippen LogP contribution in [0, 0.1) is 5.92 Å². The first-order valence-corrected chi connectivity index (χ1v) is 5.43. The molecule has 1 unspecified atom stereocenters. The Balaban J connectivity index is 1.91. The zero-order valence-corrected chi connectivity index (χ0v) is 8.61. The molecule has 5 nitrogen and oxygen atoms in total. The van der Waals surface area contributed by atoms with Crippen molar-refractivity contribution in [3.05, 3.63) is 0 Å². The highest BCUT2D eigenvalue weighted by Gasteiger charge is 2.33. The molecule has 0 aromatic carbocycles. The summed E-state index contributed by atoms with van der Waals surface area (Å²) in [5.74, 6) is -0.562. The number of rotatable bonds is 2. The smallest absolute Gasteiger partial charge is 0.322 e. The van der Waals surface area contributed by atoms with Crippen LogP contribution in [0.15, 0.2) is 0 Å². The van der Waals surface area contributed by atoms with Crippen LogP contribution in [0.1, 0.15) is 19.3 Å². The number of aliphatic carboxylic acids is 1. The van der Waals surface area contributed by atoms with Crippen LogP contribution in [-0.4, -0.2) is 47.6 Å². The van der Waals surface area contributed by atoms with Gasteiger partial charge in [-0.1, -0.05) is 6.42 Å². The normalized spacial score (nSPS) is 27.2. The maximum Gasteiger partial charge on any atom is 0.322 e. The molecule has 0 radical (unpaired) electrons. The van der Waals surface area contributed by atoms with E-state index in [1.54, 1.807) is 4.90 Å². The average Bonchev–Trinajstić information content (AvgIpc) is 2.15. The van der Waals surface area contributed by atoms with Crippen LogP contribution in [-0.2, 0) is 9.59 Å². The summed E-state index contributed by atoms with van der Waals surface area (Å²) in [6.45, 7) is 1.53. The van der Waals surface area contributed by atoms with Gasteiger partial charge in [0.15, 0.2) is 0 Å². The number of carbonyl (C=O) groups excluding carboxylic acids is 1. The van der Waals surface area contributed by atoms with Crippen molar-refractivity contribution in [3.8, 4) is 0 Å². The SMILES string of the molecule is O=C(O)C1CN(C(=O)C2CCC2)CCN1. The van der Waals surface area contributed by atoms with Gasteiger partial charge in [-0.05, 0) is 12.8 Å². The van der Waals surface area contributed by atoms with E-state index < -0.39 is 12.0 Å². The minimum atomic E-state index is -0.874. The van der Waals surface area contributed by atoms with Gasteiger partial charge in [0.05, 0.1) is 0 Å². The Morgan fingerprint density at radius 2 is 2.07 bits per heavy atom. The summed E-state index contributed by atoms with van der Waals surface area (Å²) in [7, 11) is 0. The van der Waals surface area contributed by atoms with Gasteiger partial charge in [-0.15, -0.1) is 0 Å². The van der Waals surface area contributed by atoms with Crippen molar-refractivity contribution in [2.75, 3.05) is 19.6 Å². The van der Waals surface area contributed by atoms with Crippen LogP contribution in [0.2, 0.25) is 0 Å². The van der Waals surface area contributed by atoms with E-state index in [1.807, 2.05) is 0 Å². The molecule has 5 heteroatoms. The first kappa shape index (κ1) is 10.4. The van der Waals surface area contributed by atoms with Gasteiger partial charge in [0, 0.05) is 25.6 Å². The lowest BCUT2D eigenvalue weighted by atomic mass is 9.84. The van der Waals surface area contributed by atoms with Crippen LogP contribution in [0.25, 0.3) is 0 Å². The highest BCUT2D eigenvalue weighted by molar-refractivity contribution is 5.81. The minimum absolute atomic E-state index is 0.147. The van der Waals surface area contributed by atoms with E-state index in [2.05, 4.69) is 5.32 Å². The molecule has 1 aliphatic heterocycles. The van der Waals surface area contributed by atoms with Gasteiger partial charge in [-0.2, -0.15) is 0 Å². The number of amides is 1. The number of carboxylic acids is 1. The first-order chi connectivity index (χ1) is 7.18. The molecule has 0 aromatic rings. The fourth-order valence-electron chi connectivity index (χ4n) is 2.03. The van der Waals surface area contributed by atoms with Gasteiger partial charge >= 0.3 is 5.97 Å². The van der Waals surface area contributed by atoms with Crippen LogP contribution in [0.5, 0.6) is 0 Å². The number of hydrogen-bond acceptors (Lipinski definition) is 3. The highest BCUT2D eigenvalue weighted by Crippen LogP contribution is 2.28. The van der Waals surface area contributed by atoms with E-state index in [1.165, 1.54) is 0 Å². The Hall–Kier alpha value is -1.10. The number of piperazine rings is 1. The standard InChI is InChI=1S/C10H16N2O3/c13-9(7-2-1-3-7)12-5-4-11-8(6-12)10(14)15/h7-8,11H,1-6H2,(H,14,15). The highest BCUT2D eigenvalue weighted by atomic mass is 16.4. The summed E-state index contributed by atoms with van der Waals surface area (Å²) in [5.41, 5.74) is 0. The van der Waals surface area contributed by atoms with E-state index >= 15 is 0 Å². The van der Waals surface area contributed by atoms with E-state index in [9.17, 15) is 9.59 Å². The van der Waals surface area contributed by atoms with Crippen molar-refractivity contribution < 1.29 is 14.7 Å². The van der Waals surface area contributed by atoms with Crippen molar-refractivity contribution in [2.45, 2.75) is 25.3 Å². The predicted octanol–water partition coefficient (Wildman–Crippen LogP) is -0.328. The van der Waals surface area contributed by atoms with Crippen LogP contribution in [0.3, 0.4) is 0 Å². The van der Waals surface area contributed by atoms with Crippen molar-refractivity contribution in [3.63, 3.8) is 0 Å². The molecule has 1 aliphatic carbocycles. The lowest BCUT2D eigenvalue weighted by Gasteiger charge is -2.36. The minimum Gasteiger partial charge on any atom is -0.480 e. The third kappa shape index (κ3) is 2.12. The quantitative estimate of drug-likeness (QED) is 0.657. The largest absolute Gasteiger partial charge is 0.480 e. The van der Waals surface area contributed by atoms with Gasteiger partial charge in [-0.25, -0.2) is 0 Å². The summed E-state index contributed by atoms with van der Waals surface area (Å²) < 4.78 is 0. The summed E-state index contributed by atoms with van der Waals surface area (Å²) in [6.07, 6.45) is 3.08. The zero-order chi connectivity index (χ0) is 10.8. The predicted molar refractivity (Wildman–Crippen MR) is 53.3 cm³/mol. The number of carbonyl (C=O) groups is 2. The Morgan fingerprint density at radius 1 is 1.33 bits per heavy atom. The summed E-state index contributed by atoms with van der Waals surface area (Å²) in [4.78, 5) is 24.3. The molecule has 2 rings (SSSR count). The molecule has 1 saturated carbocycles. The third-order valence-corrected chi connectivity index (χ3v) is 3.24. The molecule has 1 amide bonds. The molecular weight excluding hydrogens is 196 g/mol. The Bertz CT molecular complexity index is 276. The summed E-state index contributed by atoms with van der Waals surface area (Å²) in [6, 6.07) is -0.595. The number of nitrogens with zero attached hydrogens (tertiary/aromatic N) is 1. The van der Waals surface area contributed by atoms with Gasteiger partial charge in [0.2, 0.25) is 5.91 Å². The Kier molecular flexibility index (Phi) is 2.90. The molecule has 0 bridgehead atoms. The fourth-order valence-corrected chi connectivity index (χ4v) is 2.03. The molecule has 0 spiro atoms. The van der Waals surface area contributed by atoms with E-state index in [0.29, 0.717) is 19.6 Å². The molecule has 84 valence electrons. The van der Waals surface area contributed by atoms with E-state index in [0.717, 1.165) is 19.3 Å². The van der Waals surface area contributed by atoms with Gasteiger partial charge < -0.3 is 15.3 Å². The van der Waals surface area contributed by atoms with E-state index in [4.69, 9.17) is 5.11 Å². The van der Waals surface area contributed by atoms with Gasteiger partial charge in [0.25, 0.3) is 0 Å². The van der Waals surface area contributed by atoms with Crippen LogP contribution >= 0.6 is 0 Å². The molecular formula is C10H16N2O3. The molecule has 0 aromatic heterocycles. The van der Waals surface area contributed by atoms with Gasteiger partial charge in [-0.3, -0.25) is 9.59 Å². The molecule has 1 atom stereocenters. The van der Waals surface area contributed by atoms with Crippen LogP contribution < -0.4 is 5.32 Å². The molecule has 2 aliphatic rings. The Morgan fingerprint density at radius 3 is 2.60 bits per heavy atom. The third-order valence-electron chi connectivity index (χ3n) is 3.24. The van der Waals surface area contributed by atoms with Gasteiger partial charge in [0.1, 0.15) is 6.04 Å². The molecule has 1 heterocycles. The van der Waals surface area contributed by atoms with Crippen molar-refractivity contribution in [2.24, 2.45) is 5.92 Å². The first-order valence-electron chi connectivity index (χ1n) is 5.43. The zero-order valence-electron chi connectivity index (χ0n) is 8.61. The number of carboxylic acid groups (broad SMARTS) is 1. The second-order valence-electron chi connectivity index (χ2n) is 4.26. The van der Waals surface area contributed by atoms with E-state index in [-0.39, 0.29) is 11.8 Å². The molecule has 2 N–H and O–H groups in total. The topological polar surface area (TPSA) is 69.6 Å². The number of nitrogens with one attached hydrogen (secondary N) is 1. The second-order valence-corrected chi connectivity index (χ2v) is 4.26. The average molecular weight is 212 g/mol. The lowest BCUT2D eigenvalue weighted by molar-refractivity contribution is -0.145. The maximum absolute atomic E-state index is 11.9. The number of hydrogen-bond donors (Lipinski definition) is 2. The van der Waals surface area contributed by atoms with Crippen molar-refractivity contribution in [1.29, 1.82) is 0 Å². The Labute approximate surface area is 88.4 Å². The fraction of sp³-hybridized carbons (Fsp3) is 0.800. The molecule has 2 fully saturated rings. The van der Waals surface area contributed by atoms with Crippen molar-refractivity contribution in [1.82, 2.24) is 10.2 Å².